The molecular formula is C23H32N4O3S. The molecule has 168 valence electrons. The Labute approximate surface area is 185 Å². The second kappa shape index (κ2) is 10.6. The summed E-state index contributed by atoms with van der Waals surface area (Å²) in [4.78, 5) is 4.57. The van der Waals surface area contributed by atoms with Crippen molar-refractivity contribution in [1.29, 1.82) is 0 Å². The maximum Gasteiger partial charge on any atom is 0.240 e. The van der Waals surface area contributed by atoms with Crippen LogP contribution in [0.3, 0.4) is 0 Å². The van der Waals surface area contributed by atoms with Crippen molar-refractivity contribution >= 4 is 16.0 Å². The molecular weight excluding hydrogens is 412 g/mol. The zero-order valence-corrected chi connectivity index (χ0v) is 19.3. The van der Waals surface area contributed by atoms with Crippen LogP contribution in [0, 0.1) is 6.92 Å². The van der Waals surface area contributed by atoms with Gasteiger partial charge in [-0.25, -0.2) is 13.1 Å². The number of aliphatic imine (C=N–C) groups is 1. The Balaban J connectivity index is 1.54. The Morgan fingerprint density at radius 3 is 2.45 bits per heavy atom. The molecule has 8 heteroatoms. The molecule has 1 saturated carbocycles. The van der Waals surface area contributed by atoms with E-state index in [1.165, 1.54) is 0 Å². The zero-order valence-electron chi connectivity index (χ0n) is 18.4. The molecule has 0 radical (unpaired) electrons. The van der Waals surface area contributed by atoms with Crippen LogP contribution < -0.4 is 20.1 Å². The lowest BCUT2D eigenvalue weighted by atomic mass is 10.1. The van der Waals surface area contributed by atoms with Gasteiger partial charge in [0.05, 0.1) is 11.5 Å². The third-order valence-electron chi connectivity index (χ3n) is 4.95. The number of guanidine groups is 1. The summed E-state index contributed by atoms with van der Waals surface area (Å²) >= 11 is 0. The van der Waals surface area contributed by atoms with Crippen molar-refractivity contribution in [2.45, 2.75) is 57.1 Å². The number of sulfonamides is 1. The van der Waals surface area contributed by atoms with E-state index in [-0.39, 0.29) is 6.04 Å². The van der Waals surface area contributed by atoms with Gasteiger partial charge < -0.3 is 15.4 Å². The second-order valence-corrected chi connectivity index (χ2v) is 9.49. The van der Waals surface area contributed by atoms with Gasteiger partial charge in [0, 0.05) is 31.7 Å². The Bertz CT molecular complexity index is 1000. The Kier molecular flexibility index (Phi) is 7.92. The van der Waals surface area contributed by atoms with Gasteiger partial charge in [0.15, 0.2) is 5.96 Å². The smallest absolute Gasteiger partial charge is 0.240 e. The monoisotopic (exact) mass is 444 g/mol. The van der Waals surface area contributed by atoms with Gasteiger partial charge in [-0.15, -0.1) is 0 Å². The van der Waals surface area contributed by atoms with Crippen molar-refractivity contribution in [3.8, 4) is 5.75 Å². The van der Waals surface area contributed by atoms with Gasteiger partial charge >= 0.3 is 0 Å². The molecule has 31 heavy (non-hydrogen) atoms. The molecule has 0 saturated heterocycles. The minimum atomic E-state index is -3.42. The first-order chi connectivity index (χ1) is 14.9. The van der Waals surface area contributed by atoms with Crippen molar-refractivity contribution in [2.75, 3.05) is 13.7 Å². The maximum absolute atomic E-state index is 12.3. The molecule has 0 aliphatic heterocycles. The quantitative estimate of drug-likeness (QED) is 0.387. The van der Waals surface area contributed by atoms with E-state index in [1.807, 2.05) is 12.1 Å². The summed E-state index contributed by atoms with van der Waals surface area (Å²) in [7, 11) is -1.70. The van der Waals surface area contributed by atoms with Crippen LogP contribution in [0.25, 0.3) is 0 Å². The second-order valence-electron chi connectivity index (χ2n) is 7.78. The van der Waals surface area contributed by atoms with Crippen LogP contribution in [0.2, 0.25) is 0 Å². The topological polar surface area (TPSA) is 91.8 Å². The largest absolute Gasteiger partial charge is 0.493 e. The third-order valence-corrected chi connectivity index (χ3v) is 6.48. The molecule has 0 bridgehead atoms. The first kappa shape index (κ1) is 23.1. The summed E-state index contributed by atoms with van der Waals surface area (Å²) in [6.45, 7) is 5.94. The molecule has 0 atom stereocenters. The highest BCUT2D eigenvalue weighted by Crippen LogP contribution is 2.22. The third kappa shape index (κ3) is 6.97. The number of nitrogens with one attached hydrogen (secondary N) is 3. The summed E-state index contributed by atoms with van der Waals surface area (Å²) in [5.74, 6) is 1.55. The van der Waals surface area contributed by atoms with Gasteiger partial charge in [0.2, 0.25) is 10.0 Å². The standard InChI is InChI=1S/C23H32N4O3S/c1-4-13-30-22-14-17(2)5-8-19(22)16-26-23(24-3)25-15-18-6-11-21(12-7-18)31(28,29)27-20-9-10-20/h5-8,11-12,14,20,27H,4,9-10,13,15-16H2,1-3H3,(H2,24,25,26). The molecule has 0 amide bonds. The number of hydrogen-bond donors (Lipinski definition) is 3. The minimum Gasteiger partial charge on any atom is -0.493 e. The predicted molar refractivity (Wildman–Crippen MR) is 124 cm³/mol. The van der Waals surface area contributed by atoms with Crippen LogP contribution in [0.4, 0.5) is 0 Å². The molecule has 0 unspecified atom stereocenters. The molecule has 7 nitrogen and oxygen atoms in total. The molecule has 1 aliphatic rings. The van der Waals surface area contributed by atoms with Gasteiger partial charge in [-0.2, -0.15) is 0 Å². The normalized spacial score (nSPS) is 14.4. The molecule has 2 aromatic rings. The average Bonchev–Trinajstić information content (AvgIpc) is 3.57. The van der Waals surface area contributed by atoms with Crippen LogP contribution in [-0.4, -0.2) is 34.1 Å². The van der Waals surface area contributed by atoms with Gasteiger partial charge in [0.25, 0.3) is 0 Å². The van der Waals surface area contributed by atoms with Crippen molar-refractivity contribution in [3.63, 3.8) is 0 Å². The molecule has 3 N–H and O–H groups in total. The highest BCUT2D eigenvalue weighted by molar-refractivity contribution is 7.89. The van der Waals surface area contributed by atoms with Gasteiger partial charge in [-0.1, -0.05) is 31.2 Å². The van der Waals surface area contributed by atoms with Crippen LogP contribution in [0.1, 0.15) is 42.9 Å². The lowest BCUT2D eigenvalue weighted by Crippen LogP contribution is -2.36. The van der Waals surface area contributed by atoms with E-state index in [2.05, 4.69) is 52.4 Å². The lowest BCUT2D eigenvalue weighted by Gasteiger charge is -2.15. The van der Waals surface area contributed by atoms with E-state index >= 15 is 0 Å². The van der Waals surface area contributed by atoms with Crippen molar-refractivity contribution in [2.24, 2.45) is 4.99 Å². The molecule has 0 heterocycles. The summed E-state index contributed by atoms with van der Waals surface area (Å²) in [6, 6.07) is 13.2. The summed E-state index contributed by atoms with van der Waals surface area (Å²) in [6.07, 6.45) is 2.80. The summed E-state index contributed by atoms with van der Waals surface area (Å²) in [5, 5.41) is 6.57. The number of ether oxygens (including phenoxy) is 1. The van der Waals surface area contributed by atoms with Crippen molar-refractivity contribution < 1.29 is 13.2 Å². The summed E-state index contributed by atoms with van der Waals surface area (Å²) in [5.41, 5.74) is 3.20. The zero-order chi connectivity index (χ0) is 22.3. The first-order valence-electron chi connectivity index (χ1n) is 10.7. The van der Waals surface area contributed by atoms with Crippen LogP contribution >= 0.6 is 0 Å². The molecule has 3 rings (SSSR count). The van der Waals surface area contributed by atoms with E-state index in [0.717, 1.165) is 41.7 Å². The van der Waals surface area contributed by atoms with Gasteiger partial charge in [0.1, 0.15) is 5.75 Å². The number of rotatable bonds is 10. The molecule has 2 aromatic carbocycles. The van der Waals surface area contributed by atoms with Crippen LogP contribution in [-0.2, 0) is 23.1 Å². The highest BCUT2D eigenvalue weighted by Gasteiger charge is 2.27. The van der Waals surface area contributed by atoms with Gasteiger partial charge in [-0.3, -0.25) is 4.99 Å². The molecule has 0 aromatic heterocycles. The predicted octanol–water partition coefficient (Wildman–Crippen LogP) is 3.09. The van der Waals surface area contributed by atoms with E-state index < -0.39 is 10.0 Å². The van der Waals surface area contributed by atoms with Crippen molar-refractivity contribution in [3.05, 3.63) is 59.2 Å². The van der Waals surface area contributed by atoms with E-state index in [1.54, 1.807) is 19.2 Å². The van der Waals surface area contributed by atoms with E-state index in [4.69, 9.17) is 4.74 Å². The fourth-order valence-corrected chi connectivity index (χ4v) is 4.32. The SMILES string of the molecule is CCCOc1cc(C)ccc1CNC(=NC)NCc1ccc(S(=O)(=O)NC2CC2)cc1. The number of benzene rings is 2. The average molecular weight is 445 g/mol. The maximum atomic E-state index is 12.3. The Morgan fingerprint density at radius 2 is 1.81 bits per heavy atom. The summed E-state index contributed by atoms with van der Waals surface area (Å²) < 4.78 is 33.1. The molecule has 0 spiro atoms. The number of hydrogen-bond acceptors (Lipinski definition) is 4. The number of aryl methyl sites for hydroxylation is 1. The van der Waals surface area contributed by atoms with Gasteiger partial charge in [-0.05, 0) is 55.5 Å². The fraction of sp³-hybridized carbons (Fsp3) is 0.435. The van der Waals surface area contributed by atoms with Crippen LogP contribution in [0.5, 0.6) is 5.75 Å². The molecule has 1 fully saturated rings. The first-order valence-corrected chi connectivity index (χ1v) is 12.2. The minimum absolute atomic E-state index is 0.0992. The lowest BCUT2D eigenvalue weighted by molar-refractivity contribution is 0.313. The fourth-order valence-electron chi connectivity index (χ4n) is 3.01. The molecule has 1 aliphatic carbocycles. The number of nitrogens with zero attached hydrogens (tertiary/aromatic N) is 1. The highest BCUT2D eigenvalue weighted by atomic mass is 32.2. The van der Waals surface area contributed by atoms with E-state index in [0.29, 0.717) is 30.6 Å². The van der Waals surface area contributed by atoms with E-state index in [9.17, 15) is 8.42 Å². The Morgan fingerprint density at radius 1 is 1.10 bits per heavy atom. The van der Waals surface area contributed by atoms with Crippen molar-refractivity contribution in [1.82, 2.24) is 15.4 Å². The Hall–Kier alpha value is -2.58. The van der Waals surface area contributed by atoms with Crippen LogP contribution in [0.15, 0.2) is 52.4 Å².